The van der Waals surface area contributed by atoms with Crippen LogP contribution in [0.2, 0.25) is 0 Å². The number of rotatable bonds is 8. The lowest BCUT2D eigenvalue weighted by Gasteiger charge is -2.07. The molecule has 0 saturated heterocycles. The maximum absolute atomic E-state index is 11.7. The summed E-state index contributed by atoms with van der Waals surface area (Å²) in [5.41, 5.74) is 1.05. The SMILES string of the molecule is CCCS(=O)(=O)Nc1ccc(C(=O)CCCCl)cc1. The highest BCUT2D eigenvalue weighted by Crippen LogP contribution is 2.14. The number of carbonyl (C=O) groups excluding carboxylic acids is 1. The van der Waals surface area contributed by atoms with Crippen LogP contribution in [0.15, 0.2) is 24.3 Å². The second-order valence-electron chi connectivity index (χ2n) is 4.21. The van der Waals surface area contributed by atoms with Crippen molar-refractivity contribution in [2.24, 2.45) is 0 Å². The highest BCUT2D eigenvalue weighted by molar-refractivity contribution is 7.92. The number of hydrogen-bond donors (Lipinski definition) is 1. The van der Waals surface area contributed by atoms with Crippen LogP contribution >= 0.6 is 11.6 Å². The van der Waals surface area contributed by atoms with Gasteiger partial charge in [-0.15, -0.1) is 11.6 Å². The number of ketones is 1. The molecule has 0 spiro atoms. The molecule has 0 atom stereocenters. The van der Waals surface area contributed by atoms with Crippen LogP contribution in [0.25, 0.3) is 0 Å². The molecule has 0 aliphatic carbocycles. The maximum Gasteiger partial charge on any atom is 0.232 e. The van der Waals surface area contributed by atoms with E-state index in [1.54, 1.807) is 31.2 Å². The van der Waals surface area contributed by atoms with Gasteiger partial charge in [0.1, 0.15) is 0 Å². The van der Waals surface area contributed by atoms with Gasteiger partial charge in [-0.1, -0.05) is 6.92 Å². The van der Waals surface area contributed by atoms with Crippen LogP contribution < -0.4 is 4.72 Å². The Hall–Kier alpha value is -1.07. The van der Waals surface area contributed by atoms with Gasteiger partial charge in [0.2, 0.25) is 10.0 Å². The number of halogens is 1. The Morgan fingerprint density at radius 2 is 1.89 bits per heavy atom. The van der Waals surface area contributed by atoms with Crippen molar-refractivity contribution in [3.05, 3.63) is 29.8 Å². The number of sulfonamides is 1. The van der Waals surface area contributed by atoms with E-state index < -0.39 is 10.0 Å². The molecule has 6 heteroatoms. The predicted octanol–water partition coefficient (Wildman–Crippen LogP) is 3.04. The first-order valence-electron chi connectivity index (χ1n) is 6.18. The number of carbonyl (C=O) groups is 1. The number of hydrogen-bond acceptors (Lipinski definition) is 3. The van der Waals surface area contributed by atoms with Gasteiger partial charge in [0.05, 0.1) is 5.75 Å². The molecular formula is C13H18ClNO3S. The summed E-state index contributed by atoms with van der Waals surface area (Å²) in [5.74, 6) is 0.563. The first kappa shape index (κ1) is 16.0. The Labute approximate surface area is 119 Å². The maximum atomic E-state index is 11.7. The Kier molecular flexibility index (Phi) is 6.31. The zero-order valence-electron chi connectivity index (χ0n) is 10.9. The first-order valence-corrected chi connectivity index (χ1v) is 8.37. The van der Waals surface area contributed by atoms with Gasteiger partial charge >= 0.3 is 0 Å². The predicted molar refractivity (Wildman–Crippen MR) is 78.4 cm³/mol. The second-order valence-corrected chi connectivity index (χ2v) is 6.43. The third-order valence-electron chi connectivity index (χ3n) is 2.49. The molecule has 1 aromatic rings. The van der Waals surface area contributed by atoms with Crippen molar-refractivity contribution in [3.8, 4) is 0 Å². The molecular weight excluding hydrogens is 286 g/mol. The highest BCUT2D eigenvalue weighted by Gasteiger charge is 2.09. The summed E-state index contributed by atoms with van der Waals surface area (Å²) < 4.78 is 25.6. The average molecular weight is 304 g/mol. The molecule has 0 unspecified atom stereocenters. The van der Waals surface area contributed by atoms with E-state index in [0.717, 1.165) is 0 Å². The van der Waals surface area contributed by atoms with Crippen molar-refractivity contribution in [2.45, 2.75) is 26.2 Å². The van der Waals surface area contributed by atoms with Crippen LogP contribution in [0.3, 0.4) is 0 Å². The van der Waals surface area contributed by atoms with Crippen molar-refractivity contribution in [2.75, 3.05) is 16.4 Å². The van der Waals surface area contributed by atoms with Crippen LogP contribution in [0.4, 0.5) is 5.69 Å². The fourth-order valence-electron chi connectivity index (χ4n) is 1.60. The van der Waals surface area contributed by atoms with Crippen molar-refractivity contribution in [3.63, 3.8) is 0 Å². The molecule has 0 saturated carbocycles. The van der Waals surface area contributed by atoms with Gasteiger partial charge in [-0.3, -0.25) is 9.52 Å². The minimum atomic E-state index is -3.28. The molecule has 1 aromatic carbocycles. The molecule has 0 aliphatic rings. The van der Waals surface area contributed by atoms with Gasteiger partial charge < -0.3 is 0 Å². The molecule has 106 valence electrons. The fraction of sp³-hybridized carbons (Fsp3) is 0.462. The molecule has 0 fully saturated rings. The minimum Gasteiger partial charge on any atom is -0.294 e. The van der Waals surface area contributed by atoms with Gasteiger partial charge in [0, 0.05) is 23.6 Å². The standard InChI is InChI=1S/C13H18ClNO3S/c1-2-10-19(17,18)15-12-7-5-11(6-8-12)13(16)4-3-9-14/h5-8,15H,2-4,9-10H2,1H3. The first-order chi connectivity index (χ1) is 8.98. The highest BCUT2D eigenvalue weighted by atomic mass is 35.5. The molecule has 0 radical (unpaired) electrons. The molecule has 0 bridgehead atoms. The van der Waals surface area contributed by atoms with Gasteiger partial charge in [-0.25, -0.2) is 8.42 Å². The van der Waals surface area contributed by atoms with Crippen molar-refractivity contribution in [1.82, 2.24) is 0 Å². The van der Waals surface area contributed by atoms with Crippen molar-refractivity contribution in [1.29, 1.82) is 0 Å². The normalized spacial score (nSPS) is 11.3. The number of benzene rings is 1. The van der Waals surface area contributed by atoms with Crippen LogP contribution in [0.5, 0.6) is 0 Å². The molecule has 0 heterocycles. The van der Waals surface area contributed by atoms with Crippen molar-refractivity contribution >= 4 is 33.1 Å². The van der Waals surface area contributed by atoms with Gasteiger partial charge in [-0.05, 0) is 37.1 Å². The zero-order valence-corrected chi connectivity index (χ0v) is 12.4. The molecule has 4 nitrogen and oxygen atoms in total. The number of alkyl halides is 1. The summed E-state index contributed by atoms with van der Waals surface area (Å²) >= 11 is 5.53. The topological polar surface area (TPSA) is 63.2 Å². The molecule has 19 heavy (non-hydrogen) atoms. The smallest absolute Gasteiger partial charge is 0.232 e. The van der Waals surface area contributed by atoms with Crippen LogP contribution in [0, 0.1) is 0 Å². The third-order valence-corrected chi connectivity index (χ3v) is 4.25. The average Bonchev–Trinajstić information content (AvgIpc) is 2.36. The van der Waals surface area contributed by atoms with E-state index in [4.69, 9.17) is 11.6 Å². The van der Waals surface area contributed by atoms with Crippen molar-refractivity contribution < 1.29 is 13.2 Å². The number of anilines is 1. The van der Waals surface area contributed by atoms with Crippen LogP contribution in [-0.2, 0) is 10.0 Å². The van der Waals surface area contributed by atoms with E-state index in [9.17, 15) is 13.2 Å². The molecule has 1 N–H and O–H groups in total. The summed E-state index contributed by atoms with van der Waals surface area (Å²) in [6.45, 7) is 1.80. The quantitative estimate of drug-likeness (QED) is 0.593. The van der Waals surface area contributed by atoms with Crippen LogP contribution in [-0.4, -0.2) is 25.8 Å². The summed E-state index contributed by atoms with van der Waals surface area (Å²) in [6, 6.07) is 6.45. The second kappa shape index (κ2) is 7.50. The Balaban J connectivity index is 2.69. The summed E-state index contributed by atoms with van der Waals surface area (Å²) in [7, 11) is -3.28. The lowest BCUT2D eigenvalue weighted by Crippen LogP contribution is -2.16. The molecule has 0 aromatic heterocycles. The Morgan fingerprint density at radius 3 is 2.42 bits per heavy atom. The zero-order chi connectivity index (χ0) is 14.3. The van der Waals surface area contributed by atoms with E-state index >= 15 is 0 Å². The largest absolute Gasteiger partial charge is 0.294 e. The number of Topliss-reactive ketones (excluding diaryl/α,β-unsaturated/α-hetero) is 1. The fourth-order valence-corrected chi connectivity index (χ4v) is 2.86. The molecule has 0 aliphatic heterocycles. The monoisotopic (exact) mass is 303 g/mol. The summed E-state index contributed by atoms with van der Waals surface area (Å²) in [4.78, 5) is 11.7. The van der Waals surface area contributed by atoms with Gasteiger partial charge in [0.25, 0.3) is 0 Å². The number of nitrogens with one attached hydrogen (secondary N) is 1. The van der Waals surface area contributed by atoms with E-state index in [1.807, 2.05) is 0 Å². The summed E-state index contributed by atoms with van der Waals surface area (Å²) in [5, 5.41) is 0. The lowest BCUT2D eigenvalue weighted by molar-refractivity contribution is 0.0982. The minimum absolute atomic E-state index is 0.0172. The van der Waals surface area contributed by atoms with E-state index in [1.165, 1.54) is 0 Å². The molecule has 0 amide bonds. The van der Waals surface area contributed by atoms with E-state index in [-0.39, 0.29) is 11.5 Å². The Bertz CT molecular complexity index is 511. The van der Waals surface area contributed by atoms with E-state index in [0.29, 0.717) is 36.4 Å². The van der Waals surface area contributed by atoms with Crippen LogP contribution in [0.1, 0.15) is 36.5 Å². The molecule has 1 rings (SSSR count). The third kappa shape index (κ3) is 5.61. The lowest BCUT2D eigenvalue weighted by atomic mass is 10.1. The Morgan fingerprint density at radius 1 is 1.26 bits per heavy atom. The summed E-state index contributed by atoms with van der Waals surface area (Å²) in [6.07, 6.45) is 1.61. The van der Waals surface area contributed by atoms with E-state index in [2.05, 4.69) is 4.72 Å². The van der Waals surface area contributed by atoms with Gasteiger partial charge in [-0.2, -0.15) is 0 Å². The van der Waals surface area contributed by atoms with Gasteiger partial charge in [0.15, 0.2) is 5.78 Å².